The van der Waals surface area contributed by atoms with Gasteiger partial charge in [0.1, 0.15) is 12.4 Å². The van der Waals surface area contributed by atoms with Crippen LogP contribution in [-0.2, 0) is 11.0 Å². The Bertz CT molecular complexity index is 795. The molecule has 0 amide bonds. The molecule has 0 spiro atoms. The van der Waals surface area contributed by atoms with Gasteiger partial charge in [0.05, 0.1) is 10.0 Å². The van der Waals surface area contributed by atoms with E-state index in [9.17, 15) is 23.1 Å². The molecule has 4 N–H and O–H groups in total. The molecule has 2 aromatic rings. The topological polar surface area (TPSA) is 107 Å². The maximum Gasteiger partial charge on any atom is 0.433 e. The minimum Gasteiger partial charge on any atom is -0.505 e. The van der Waals surface area contributed by atoms with E-state index in [-0.39, 0.29) is 27.3 Å². The number of benzene rings is 1. The number of aromatic nitrogens is 2. The van der Waals surface area contributed by atoms with Crippen LogP contribution in [0.1, 0.15) is 5.69 Å². The monoisotopic (exact) mass is 396 g/mol. The number of alkyl halides is 3. The average molecular weight is 397 g/mol. The average Bonchev–Trinajstić information content (AvgIpc) is 2.49. The summed E-state index contributed by atoms with van der Waals surface area (Å²) in [6, 6.07) is 3.07. The van der Waals surface area contributed by atoms with Crippen molar-refractivity contribution in [3.63, 3.8) is 0 Å². The number of hydrogen-bond acceptors (Lipinski definition) is 6. The summed E-state index contributed by atoms with van der Waals surface area (Å²) in [7, 11) is 0. The van der Waals surface area contributed by atoms with E-state index in [0.29, 0.717) is 6.07 Å². The zero-order valence-electron chi connectivity index (χ0n) is 12.0. The van der Waals surface area contributed by atoms with E-state index in [1.54, 1.807) is 0 Å². The lowest BCUT2D eigenvalue weighted by molar-refractivity contribution is -0.141. The maximum absolute atomic E-state index is 12.9. The van der Waals surface area contributed by atoms with Crippen LogP contribution >= 0.6 is 23.2 Å². The van der Waals surface area contributed by atoms with E-state index in [4.69, 9.17) is 28.3 Å². The van der Waals surface area contributed by atoms with Gasteiger partial charge in [-0.2, -0.15) is 18.2 Å². The molecule has 0 aliphatic carbocycles. The number of nitrogens with one attached hydrogen (secondary N) is 2. The number of aromatic hydroxyl groups is 1. The lowest BCUT2D eigenvalue weighted by Gasteiger charge is -2.13. The minimum atomic E-state index is -4.77. The van der Waals surface area contributed by atoms with E-state index in [0.717, 1.165) is 0 Å². The van der Waals surface area contributed by atoms with Gasteiger partial charge in [-0.15, -0.1) is 0 Å². The van der Waals surface area contributed by atoms with Gasteiger partial charge >= 0.3 is 12.1 Å². The molecule has 12 heteroatoms. The standard InChI is InChI=1S/C13H9Cl2F3N4O3/c14-6-1-5(2-7(15)11(6)25)20-9-3-8(13(16,17)18)21-12(22-9)19-4-10(23)24/h1-3,25H,4H2,(H,23,24)(H2,19,20,21,22). The van der Waals surface area contributed by atoms with Crippen LogP contribution in [0.3, 0.4) is 0 Å². The smallest absolute Gasteiger partial charge is 0.433 e. The Kier molecular flexibility index (Phi) is 5.43. The molecule has 0 aliphatic rings. The Balaban J connectivity index is 2.38. The Hall–Kier alpha value is -2.46. The highest BCUT2D eigenvalue weighted by molar-refractivity contribution is 6.37. The number of carboxylic acid groups (broad SMARTS) is 1. The molecule has 0 radical (unpaired) electrons. The van der Waals surface area contributed by atoms with Crippen molar-refractivity contribution in [2.75, 3.05) is 17.2 Å². The van der Waals surface area contributed by atoms with Gasteiger partial charge in [0, 0.05) is 11.8 Å². The third kappa shape index (κ3) is 5.00. The normalized spacial score (nSPS) is 11.2. The molecule has 25 heavy (non-hydrogen) atoms. The van der Waals surface area contributed by atoms with Crippen molar-refractivity contribution in [1.82, 2.24) is 9.97 Å². The first kappa shape index (κ1) is 18.9. The Morgan fingerprint density at radius 1 is 1.16 bits per heavy atom. The van der Waals surface area contributed by atoms with Gasteiger partial charge in [-0.1, -0.05) is 23.2 Å². The molecule has 2 rings (SSSR count). The molecular weight excluding hydrogens is 388 g/mol. The van der Waals surface area contributed by atoms with Crippen LogP contribution in [0, 0.1) is 0 Å². The number of carboxylic acids is 1. The van der Waals surface area contributed by atoms with E-state index < -0.39 is 30.3 Å². The quantitative estimate of drug-likeness (QED) is 0.570. The van der Waals surface area contributed by atoms with Crippen LogP contribution in [0.4, 0.5) is 30.6 Å². The number of aliphatic carboxylic acids is 1. The Labute approximate surface area is 148 Å². The second kappa shape index (κ2) is 7.19. The lowest BCUT2D eigenvalue weighted by Crippen LogP contribution is -2.17. The van der Waals surface area contributed by atoms with Crippen LogP contribution in [-0.4, -0.2) is 32.7 Å². The first-order chi connectivity index (χ1) is 11.6. The highest BCUT2D eigenvalue weighted by atomic mass is 35.5. The fraction of sp³-hybridized carbons (Fsp3) is 0.154. The zero-order chi connectivity index (χ0) is 18.8. The molecule has 0 unspecified atom stereocenters. The fourth-order valence-electron chi connectivity index (χ4n) is 1.68. The number of phenols is 1. The predicted molar refractivity (Wildman–Crippen MR) is 84.6 cm³/mol. The van der Waals surface area contributed by atoms with Crippen molar-refractivity contribution >= 4 is 46.6 Å². The molecule has 1 heterocycles. The van der Waals surface area contributed by atoms with Crippen molar-refractivity contribution in [1.29, 1.82) is 0 Å². The number of anilines is 3. The third-order valence-corrected chi connectivity index (χ3v) is 3.28. The van der Waals surface area contributed by atoms with Crippen molar-refractivity contribution in [3.05, 3.63) is 33.9 Å². The Morgan fingerprint density at radius 3 is 2.28 bits per heavy atom. The molecule has 7 nitrogen and oxygen atoms in total. The lowest BCUT2D eigenvalue weighted by atomic mass is 10.3. The summed E-state index contributed by atoms with van der Waals surface area (Å²) in [6.45, 7) is -0.669. The number of nitrogens with zero attached hydrogens (tertiary/aromatic N) is 2. The predicted octanol–water partition coefficient (Wildman–Crippen LogP) is 3.75. The number of halogens is 5. The van der Waals surface area contributed by atoms with Crippen LogP contribution in [0.2, 0.25) is 10.0 Å². The Morgan fingerprint density at radius 2 is 1.76 bits per heavy atom. The van der Waals surface area contributed by atoms with Crippen LogP contribution in [0.25, 0.3) is 0 Å². The number of hydrogen-bond donors (Lipinski definition) is 4. The van der Waals surface area contributed by atoms with Gasteiger partial charge in [-0.3, -0.25) is 4.79 Å². The summed E-state index contributed by atoms with van der Waals surface area (Å²) in [5, 5.41) is 22.5. The van der Waals surface area contributed by atoms with Crippen LogP contribution in [0.15, 0.2) is 18.2 Å². The van der Waals surface area contributed by atoms with Crippen molar-refractivity contribution < 1.29 is 28.2 Å². The summed E-state index contributed by atoms with van der Waals surface area (Å²) in [5.41, 5.74) is -1.13. The zero-order valence-corrected chi connectivity index (χ0v) is 13.5. The molecular formula is C13H9Cl2F3N4O3. The van der Waals surface area contributed by atoms with E-state index in [1.165, 1.54) is 12.1 Å². The highest BCUT2D eigenvalue weighted by Crippen LogP contribution is 2.36. The van der Waals surface area contributed by atoms with Crippen molar-refractivity contribution in [2.24, 2.45) is 0 Å². The summed E-state index contributed by atoms with van der Waals surface area (Å²) in [4.78, 5) is 17.5. The summed E-state index contributed by atoms with van der Waals surface area (Å²) in [5.74, 6) is -2.49. The fourth-order valence-corrected chi connectivity index (χ4v) is 2.16. The molecule has 1 aromatic heterocycles. The number of carbonyl (C=O) groups is 1. The molecule has 0 saturated carbocycles. The minimum absolute atomic E-state index is 0.121. The van der Waals surface area contributed by atoms with Crippen LogP contribution < -0.4 is 10.6 Å². The van der Waals surface area contributed by atoms with Gasteiger partial charge in [0.2, 0.25) is 5.95 Å². The molecule has 0 fully saturated rings. The molecule has 0 atom stereocenters. The molecule has 0 bridgehead atoms. The van der Waals surface area contributed by atoms with Crippen molar-refractivity contribution in [3.8, 4) is 5.75 Å². The maximum atomic E-state index is 12.9. The molecule has 134 valence electrons. The molecule has 1 aromatic carbocycles. The van der Waals surface area contributed by atoms with E-state index in [1.807, 2.05) is 0 Å². The van der Waals surface area contributed by atoms with Gasteiger partial charge < -0.3 is 20.8 Å². The molecule has 0 aliphatic heterocycles. The van der Waals surface area contributed by atoms with Gasteiger partial charge in [0.25, 0.3) is 0 Å². The van der Waals surface area contributed by atoms with Crippen molar-refractivity contribution in [2.45, 2.75) is 6.18 Å². The summed E-state index contributed by atoms with van der Waals surface area (Å²) >= 11 is 11.5. The van der Waals surface area contributed by atoms with Gasteiger partial charge in [0.15, 0.2) is 11.4 Å². The van der Waals surface area contributed by atoms with Crippen LogP contribution in [0.5, 0.6) is 5.75 Å². The number of phenolic OH excluding ortho intramolecular Hbond substituents is 1. The first-order valence-corrected chi connectivity index (χ1v) is 7.19. The highest BCUT2D eigenvalue weighted by Gasteiger charge is 2.33. The second-order valence-corrected chi connectivity index (χ2v) is 5.43. The largest absolute Gasteiger partial charge is 0.505 e. The van der Waals surface area contributed by atoms with E-state index in [2.05, 4.69) is 20.6 Å². The van der Waals surface area contributed by atoms with E-state index >= 15 is 0 Å². The second-order valence-electron chi connectivity index (χ2n) is 4.62. The van der Waals surface area contributed by atoms with Gasteiger partial charge in [-0.05, 0) is 12.1 Å². The summed E-state index contributed by atoms with van der Waals surface area (Å²) in [6.07, 6.45) is -4.77. The first-order valence-electron chi connectivity index (χ1n) is 6.43. The van der Waals surface area contributed by atoms with Gasteiger partial charge in [-0.25, -0.2) is 4.98 Å². The third-order valence-electron chi connectivity index (χ3n) is 2.70. The molecule has 0 saturated heterocycles. The SMILES string of the molecule is O=C(O)CNc1nc(Nc2cc(Cl)c(O)c(Cl)c2)cc(C(F)(F)F)n1. The summed E-state index contributed by atoms with van der Waals surface area (Å²) < 4.78 is 38.8. The number of rotatable bonds is 5.